The Kier molecular flexibility index (Phi) is 4.54. The van der Waals surface area contributed by atoms with Crippen molar-refractivity contribution in [3.05, 3.63) is 16.1 Å². The van der Waals surface area contributed by atoms with Gasteiger partial charge in [0.05, 0.1) is 16.8 Å². The molecule has 1 saturated carbocycles. The van der Waals surface area contributed by atoms with Gasteiger partial charge in [0.25, 0.3) is 0 Å². The first-order valence-electron chi connectivity index (χ1n) is 6.53. The Hall–Kier alpha value is -0.450. The van der Waals surface area contributed by atoms with Gasteiger partial charge in [-0.25, -0.2) is 4.98 Å². The van der Waals surface area contributed by atoms with Crippen LogP contribution in [0.15, 0.2) is 5.38 Å². The second-order valence-electron chi connectivity index (χ2n) is 4.99. The van der Waals surface area contributed by atoms with E-state index < -0.39 is 0 Å². The number of aliphatic hydroxyl groups is 1. The molecule has 0 amide bonds. The number of rotatable bonds is 3. The summed E-state index contributed by atoms with van der Waals surface area (Å²) in [5.41, 5.74) is 1.10. The summed E-state index contributed by atoms with van der Waals surface area (Å²) in [5, 5.41) is 16.8. The van der Waals surface area contributed by atoms with E-state index in [2.05, 4.69) is 22.6 Å². The number of nitrogens with zero attached hydrogens (tertiary/aromatic N) is 1. The molecule has 0 saturated heterocycles. The van der Waals surface area contributed by atoms with Crippen LogP contribution in [-0.2, 0) is 0 Å². The summed E-state index contributed by atoms with van der Waals surface area (Å²) >= 11 is 1.69. The molecule has 3 nitrogen and oxygen atoms in total. The number of hydrogen-bond acceptors (Lipinski definition) is 4. The molecule has 1 aromatic rings. The molecule has 4 heteroatoms. The number of nitrogens with one attached hydrogen (secondary N) is 1. The molecule has 1 aliphatic carbocycles. The van der Waals surface area contributed by atoms with Gasteiger partial charge in [-0.05, 0) is 26.7 Å². The van der Waals surface area contributed by atoms with Crippen LogP contribution in [0.25, 0.3) is 0 Å². The summed E-state index contributed by atoms with van der Waals surface area (Å²) in [5.74, 6) is 0. The van der Waals surface area contributed by atoms with Crippen molar-refractivity contribution in [2.24, 2.45) is 0 Å². The molecule has 2 N–H and O–H groups in total. The Labute approximate surface area is 107 Å². The van der Waals surface area contributed by atoms with E-state index in [1.54, 1.807) is 11.3 Å². The van der Waals surface area contributed by atoms with Gasteiger partial charge in [-0.2, -0.15) is 0 Å². The van der Waals surface area contributed by atoms with Gasteiger partial charge >= 0.3 is 0 Å². The first kappa shape index (κ1) is 13.0. The van der Waals surface area contributed by atoms with E-state index in [9.17, 15) is 5.11 Å². The Morgan fingerprint density at radius 1 is 1.41 bits per heavy atom. The second kappa shape index (κ2) is 5.94. The lowest BCUT2D eigenvalue weighted by Gasteiger charge is -2.25. The van der Waals surface area contributed by atoms with E-state index in [-0.39, 0.29) is 18.2 Å². The van der Waals surface area contributed by atoms with Crippen molar-refractivity contribution in [2.75, 3.05) is 0 Å². The zero-order chi connectivity index (χ0) is 12.3. The zero-order valence-electron chi connectivity index (χ0n) is 10.6. The van der Waals surface area contributed by atoms with Crippen molar-refractivity contribution in [3.8, 4) is 0 Å². The summed E-state index contributed by atoms with van der Waals surface area (Å²) in [6.45, 7) is 4.16. The number of aryl methyl sites for hydroxylation is 1. The van der Waals surface area contributed by atoms with Crippen molar-refractivity contribution in [1.82, 2.24) is 10.3 Å². The standard InChI is InChI=1S/C13H22N2OS/c1-9(12-8-17-10(2)15-12)14-11-6-4-3-5-7-13(11)16/h8-9,11,13-14,16H,3-7H2,1-2H3. The van der Waals surface area contributed by atoms with Gasteiger partial charge in [-0.1, -0.05) is 19.3 Å². The number of aliphatic hydroxyl groups excluding tert-OH is 1. The molecule has 1 aliphatic rings. The van der Waals surface area contributed by atoms with Gasteiger partial charge in [0.1, 0.15) is 0 Å². The number of aromatic nitrogens is 1. The minimum atomic E-state index is -0.195. The molecular weight excluding hydrogens is 232 g/mol. The highest BCUT2D eigenvalue weighted by Crippen LogP contribution is 2.22. The van der Waals surface area contributed by atoms with Crippen LogP contribution in [0.1, 0.15) is 55.8 Å². The topological polar surface area (TPSA) is 45.2 Å². The van der Waals surface area contributed by atoms with Crippen LogP contribution in [0.3, 0.4) is 0 Å². The molecule has 0 spiro atoms. The second-order valence-corrected chi connectivity index (χ2v) is 6.05. The summed E-state index contributed by atoms with van der Waals surface area (Å²) in [7, 11) is 0. The average molecular weight is 254 g/mol. The fourth-order valence-electron chi connectivity index (χ4n) is 2.47. The Balaban J connectivity index is 1.94. The van der Waals surface area contributed by atoms with Crippen molar-refractivity contribution >= 4 is 11.3 Å². The largest absolute Gasteiger partial charge is 0.392 e. The molecule has 3 unspecified atom stereocenters. The molecule has 0 aliphatic heterocycles. The van der Waals surface area contributed by atoms with E-state index in [1.807, 2.05) is 6.92 Å². The minimum absolute atomic E-state index is 0.195. The molecule has 0 aromatic carbocycles. The highest BCUT2D eigenvalue weighted by Gasteiger charge is 2.23. The molecule has 1 fully saturated rings. The van der Waals surface area contributed by atoms with Gasteiger partial charge < -0.3 is 10.4 Å². The summed E-state index contributed by atoms with van der Waals surface area (Å²) < 4.78 is 0. The van der Waals surface area contributed by atoms with Gasteiger partial charge in [-0.15, -0.1) is 11.3 Å². The Morgan fingerprint density at radius 3 is 2.88 bits per heavy atom. The molecule has 17 heavy (non-hydrogen) atoms. The SMILES string of the molecule is Cc1nc(C(C)NC2CCCCCC2O)cs1. The molecular formula is C13H22N2OS. The third kappa shape index (κ3) is 3.50. The molecule has 2 rings (SSSR count). The summed E-state index contributed by atoms with van der Waals surface area (Å²) in [6, 6.07) is 0.465. The van der Waals surface area contributed by atoms with Crippen molar-refractivity contribution < 1.29 is 5.11 Å². The van der Waals surface area contributed by atoms with Crippen LogP contribution < -0.4 is 5.32 Å². The van der Waals surface area contributed by atoms with Crippen LogP contribution in [0, 0.1) is 6.92 Å². The molecule has 1 heterocycles. The van der Waals surface area contributed by atoms with Crippen LogP contribution in [0.4, 0.5) is 0 Å². The lowest BCUT2D eigenvalue weighted by atomic mass is 10.0. The first-order chi connectivity index (χ1) is 8.16. The fraction of sp³-hybridized carbons (Fsp3) is 0.769. The normalized spacial score (nSPS) is 27.7. The van der Waals surface area contributed by atoms with Crippen molar-refractivity contribution in [2.45, 2.75) is 64.1 Å². The Bertz CT molecular complexity index is 353. The van der Waals surface area contributed by atoms with Crippen LogP contribution in [-0.4, -0.2) is 22.2 Å². The Morgan fingerprint density at radius 2 is 2.18 bits per heavy atom. The lowest BCUT2D eigenvalue weighted by Crippen LogP contribution is -2.40. The van der Waals surface area contributed by atoms with E-state index in [0.29, 0.717) is 0 Å². The van der Waals surface area contributed by atoms with Crippen LogP contribution >= 0.6 is 11.3 Å². The zero-order valence-corrected chi connectivity index (χ0v) is 11.5. The summed E-state index contributed by atoms with van der Waals surface area (Å²) in [6.07, 6.45) is 5.44. The number of thiazole rings is 1. The van der Waals surface area contributed by atoms with Crippen LogP contribution in [0.5, 0.6) is 0 Å². The predicted molar refractivity (Wildman–Crippen MR) is 71.3 cm³/mol. The van der Waals surface area contributed by atoms with Gasteiger partial charge in [0.2, 0.25) is 0 Å². The highest BCUT2D eigenvalue weighted by atomic mass is 32.1. The fourth-order valence-corrected chi connectivity index (χ4v) is 3.17. The van der Waals surface area contributed by atoms with Crippen molar-refractivity contribution in [3.63, 3.8) is 0 Å². The maximum Gasteiger partial charge on any atom is 0.0898 e. The third-order valence-corrected chi connectivity index (χ3v) is 4.32. The van der Waals surface area contributed by atoms with Crippen molar-refractivity contribution in [1.29, 1.82) is 0 Å². The molecule has 0 radical (unpaired) electrons. The van der Waals surface area contributed by atoms with E-state index in [1.165, 1.54) is 12.8 Å². The summed E-state index contributed by atoms with van der Waals surface area (Å²) in [4.78, 5) is 4.50. The van der Waals surface area contributed by atoms with E-state index >= 15 is 0 Å². The molecule has 0 bridgehead atoms. The van der Waals surface area contributed by atoms with Gasteiger partial charge in [-0.3, -0.25) is 0 Å². The van der Waals surface area contributed by atoms with Crippen LogP contribution in [0.2, 0.25) is 0 Å². The first-order valence-corrected chi connectivity index (χ1v) is 7.41. The quantitative estimate of drug-likeness (QED) is 0.815. The monoisotopic (exact) mass is 254 g/mol. The average Bonchev–Trinajstić information content (AvgIpc) is 2.63. The maximum atomic E-state index is 10.1. The smallest absolute Gasteiger partial charge is 0.0898 e. The maximum absolute atomic E-state index is 10.1. The number of hydrogen-bond donors (Lipinski definition) is 2. The van der Waals surface area contributed by atoms with E-state index in [0.717, 1.165) is 30.0 Å². The van der Waals surface area contributed by atoms with Gasteiger partial charge in [0.15, 0.2) is 0 Å². The van der Waals surface area contributed by atoms with Gasteiger partial charge in [0, 0.05) is 17.5 Å². The third-order valence-electron chi connectivity index (χ3n) is 3.52. The predicted octanol–water partition coefficient (Wildman–Crippen LogP) is 2.80. The van der Waals surface area contributed by atoms with E-state index in [4.69, 9.17) is 0 Å². The minimum Gasteiger partial charge on any atom is -0.392 e. The lowest BCUT2D eigenvalue weighted by molar-refractivity contribution is 0.114. The molecule has 96 valence electrons. The molecule has 3 atom stereocenters. The molecule has 1 aromatic heterocycles. The highest BCUT2D eigenvalue weighted by molar-refractivity contribution is 7.09.